The first-order valence-electron chi connectivity index (χ1n) is 10.3. The highest BCUT2D eigenvalue weighted by Gasteiger charge is 2.30. The molecule has 162 valence electrons. The first-order chi connectivity index (χ1) is 15.4. The van der Waals surface area contributed by atoms with Crippen molar-refractivity contribution < 1.29 is 13.2 Å². The maximum atomic E-state index is 11.9. The van der Waals surface area contributed by atoms with E-state index in [1.54, 1.807) is 11.0 Å². The number of aromatic nitrogens is 2. The van der Waals surface area contributed by atoms with Gasteiger partial charge in [0.2, 0.25) is 16.4 Å². The third kappa shape index (κ3) is 3.97. The van der Waals surface area contributed by atoms with Crippen LogP contribution in [0.2, 0.25) is 0 Å². The molecule has 0 radical (unpaired) electrons. The molecule has 2 aromatic heterocycles. The number of amides is 1. The number of H-pyrrole nitrogens is 1. The predicted molar refractivity (Wildman–Crippen MR) is 127 cm³/mol. The van der Waals surface area contributed by atoms with Gasteiger partial charge in [0, 0.05) is 23.2 Å². The third-order valence-corrected chi connectivity index (χ3v) is 6.13. The van der Waals surface area contributed by atoms with E-state index in [2.05, 4.69) is 14.7 Å². The summed E-state index contributed by atoms with van der Waals surface area (Å²) in [5.41, 5.74) is 4.69. The normalized spacial score (nSPS) is 13.8. The van der Waals surface area contributed by atoms with Crippen molar-refractivity contribution in [2.45, 2.75) is 18.9 Å². The lowest BCUT2D eigenvalue weighted by Gasteiger charge is -2.18. The molecule has 1 aliphatic rings. The SMILES string of the molecule is CS(=O)(=O)Nc1ccc(-c2cc(N(C=O)C3CC3)nc3[nH]ccc23)cc1-c1ccccc1. The van der Waals surface area contributed by atoms with E-state index in [4.69, 9.17) is 0 Å². The minimum Gasteiger partial charge on any atom is -0.346 e. The molecule has 0 unspecified atom stereocenters. The van der Waals surface area contributed by atoms with Crippen LogP contribution in [0.25, 0.3) is 33.3 Å². The summed E-state index contributed by atoms with van der Waals surface area (Å²) in [7, 11) is -3.45. The number of carbonyl (C=O) groups is 1. The molecule has 1 aliphatic carbocycles. The number of hydrogen-bond donors (Lipinski definition) is 2. The van der Waals surface area contributed by atoms with Crippen LogP contribution in [0.5, 0.6) is 0 Å². The van der Waals surface area contributed by atoms with Crippen LogP contribution in [0.3, 0.4) is 0 Å². The number of aromatic amines is 1. The molecule has 2 N–H and O–H groups in total. The number of nitrogens with zero attached hydrogens (tertiary/aromatic N) is 2. The Morgan fingerprint density at radius 1 is 1.03 bits per heavy atom. The van der Waals surface area contributed by atoms with Gasteiger partial charge in [-0.1, -0.05) is 36.4 Å². The summed E-state index contributed by atoms with van der Waals surface area (Å²) in [5, 5.41) is 0.929. The second-order valence-electron chi connectivity index (χ2n) is 8.01. The van der Waals surface area contributed by atoms with E-state index in [1.165, 1.54) is 0 Å². The molecular formula is C24H22N4O3S. The second kappa shape index (κ2) is 7.80. The largest absolute Gasteiger partial charge is 0.346 e. The molecule has 0 bridgehead atoms. The molecule has 1 amide bonds. The Balaban J connectivity index is 1.69. The zero-order valence-electron chi connectivity index (χ0n) is 17.4. The molecule has 0 atom stereocenters. The van der Waals surface area contributed by atoms with Crippen LogP contribution in [0.4, 0.5) is 11.5 Å². The molecule has 0 spiro atoms. The van der Waals surface area contributed by atoms with Crippen molar-refractivity contribution in [2.24, 2.45) is 0 Å². The smallest absolute Gasteiger partial charge is 0.229 e. The number of carbonyl (C=O) groups excluding carboxylic acids is 1. The van der Waals surface area contributed by atoms with Crippen molar-refractivity contribution in [3.05, 3.63) is 66.9 Å². The molecule has 1 saturated carbocycles. The monoisotopic (exact) mass is 446 g/mol. The zero-order valence-corrected chi connectivity index (χ0v) is 18.3. The number of pyridine rings is 1. The van der Waals surface area contributed by atoms with Gasteiger partial charge in [-0.05, 0) is 53.8 Å². The van der Waals surface area contributed by atoms with Crippen LogP contribution >= 0.6 is 0 Å². The average Bonchev–Trinajstić information content (AvgIpc) is 3.49. The maximum Gasteiger partial charge on any atom is 0.229 e. The van der Waals surface area contributed by atoms with E-state index in [9.17, 15) is 13.2 Å². The average molecular weight is 447 g/mol. The highest BCUT2D eigenvalue weighted by atomic mass is 32.2. The Labute approximate surface area is 186 Å². The minimum atomic E-state index is -3.45. The van der Waals surface area contributed by atoms with E-state index in [0.717, 1.165) is 53.1 Å². The van der Waals surface area contributed by atoms with Crippen molar-refractivity contribution >= 4 is 39.0 Å². The van der Waals surface area contributed by atoms with E-state index >= 15 is 0 Å². The molecule has 0 aliphatic heterocycles. The summed E-state index contributed by atoms with van der Waals surface area (Å²) >= 11 is 0. The van der Waals surface area contributed by atoms with Gasteiger partial charge in [-0.3, -0.25) is 14.4 Å². The first-order valence-corrected chi connectivity index (χ1v) is 12.2. The lowest BCUT2D eigenvalue weighted by atomic mass is 9.96. The minimum absolute atomic E-state index is 0.196. The quantitative estimate of drug-likeness (QED) is 0.412. The number of anilines is 2. The van der Waals surface area contributed by atoms with Gasteiger partial charge in [-0.15, -0.1) is 0 Å². The number of rotatable bonds is 7. The lowest BCUT2D eigenvalue weighted by Crippen LogP contribution is -2.24. The van der Waals surface area contributed by atoms with Gasteiger partial charge in [-0.25, -0.2) is 13.4 Å². The lowest BCUT2D eigenvalue weighted by molar-refractivity contribution is -0.107. The summed E-state index contributed by atoms with van der Waals surface area (Å²) in [6.45, 7) is 0. The van der Waals surface area contributed by atoms with Crippen LogP contribution < -0.4 is 9.62 Å². The molecular weight excluding hydrogens is 424 g/mol. The fourth-order valence-electron chi connectivity index (χ4n) is 3.93. The molecule has 2 heterocycles. The third-order valence-electron chi connectivity index (χ3n) is 5.54. The molecule has 7 nitrogen and oxygen atoms in total. The summed E-state index contributed by atoms with van der Waals surface area (Å²) in [5.74, 6) is 0.604. The number of benzene rings is 2. The molecule has 1 fully saturated rings. The van der Waals surface area contributed by atoms with E-state index in [-0.39, 0.29) is 6.04 Å². The fourth-order valence-corrected chi connectivity index (χ4v) is 4.51. The Morgan fingerprint density at radius 3 is 2.50 bits per heavy atom. The Kier molecular flexibility index (Phi) is 4.94. The molecule has 32 heavy (non-hydrogen) atoms. The number of sulfonamides is 1. The molecule has 5 rings (SSSR count). The van der Waals surface area contributed by atoms with Crippen LogP contribution in [0.1, 0.15) is 12.8 Å². The molecule has 4 aromatic rings. The Hall–Kier alpha value is -3.65. The number of fused-ring (bicyclic) bond motifs is 1. The molecule has 2 aromatic carbocycles. The van der Waals surface area contributed by atoms with Crippen LogP contribution in [0.15, 0.2) is 66.9 Å². The van der Waals surface area contributed by atoms with Crippen molar-refractivity contribution in [2.75, 3.05) is 15.9 Å². The van der Waals surface area contributed by atoms with Crippen LogP contribution in [-0.2, 0) is 14.8 Å². The Morgan fingerprint density at radius 2 is 1.81 bits per heavy atom. The van der Waals surface area contributed by atoms with Crippen LogP contribution in [0, 0.1) is 0 Å². The van der Waals surface area contributed by atoms with Crippen molar-refractivity contribution in [1.82, 2.24) is 9.97 Å². The second-order valence-corrected chi connectivity index (χ2v) is 9.76. The van der Waals surface area contributed by atoms with Crippen molar-refractivity contribution in [3.63, 3.8) is 0 Å². The zero-order chi connectivity index (χ0) is 22.3. The van der Waals surface area contributed by atoms with Crippen molar-refractivity contribution in [1.29, 1.82) is 0 Å². The van der Waals surface area contributed by atoms with Gasteiger partial charge in [0.15, 0.2) is 0 Å². The van der Waals surface area contributed by atoms with E-state index in [0.29, 0.717) is 17.2 Å². The predicted octanol–water partition coefficient (Wildman–Crippen LogP) is 4.39. The molecule has 8 heteroatoms. The summed E-state index contributed by atoms with van der Waals surface area (Å²) in [6.07, 6.45) is 5.75. The van der Waals surface area contributed by atoms with Gasteiger partial charge in [0.05, 0.1) is 11.9 Å². The highest BCUT2D eigenvalue weighted by Crippen LogP contribution is 2.38. The topological polar surface area (TPSA) is 95.2 Å². The number of hydrogen-bond acceptors (Lipinski definition) is 4. The van der Waals surface area contributed by atoms with Crippen molar-refractivity contribution in [3.8, 4) is 22.3 Å². The summed E-state index contributed by atoms with van der Waals surface area (Å²) in [6, 6.07) is 19.3. The van der Waals surface area contributed by atoms with E-state index in [1.807, 2.05) is 60.8 Å². The summed E-state index contributed by atoms with van der Waals surface area (Å²) in [4.78, 5) is 21.2. The fraction of sp³-hybridized carbons (Fsp3) is 0.167. The first kappa shape index (κ1) is 20.3. The van der Waals surface area contributed by atoms with Gasteiger partial charge < -0.3 is 4.98 Å². The van der Waals surface area contributed by atoms with Gasteiger partial charge in [0.25, 0.3) is 0 Å². The van der Waals surface area contributed by atoms with E-state index < -0.39 is 10.0 Å². The standard InChI is InChI=1S/C24H22N4O3S/c1-32(30,31)27-22-10-7-17(13-21(22)16-5-3-2-4-6-16)20-14-23(28(15-29)18-8-9-18)26-24-19(20)11-12-25-24/h2-7,10-15,18,27H,8-9H2,1H3,(H,25,26). The van der Waals surface area contributed by atoms with Gasteiger partial charge in [-0.2, -0.15) is 0 Å². The summed E-state index contributed by atoms with van der Waals surface area (Å²) < 4.78 is 26.5. The molecule has 0 saturated heterocycles. The maximum absolute atomic E-state index is 11.9. The van der Waals surface area contributed by atoms with Gasteiger partial charge in [0.1, 0.15) is 11.5 Å². The number of nitrogens with one attached hydrogen (secondary N) is 2. The highest BCUT2D eigenvalue weighted by molar-refractivity contribution is 7.92. The Bertz CT molecular complexity index is 1410. The van der Waals surface area contributed by atoms with Crippen LogP contribution in [-0.4, -0.2) is 37.1 Å². The van der Waals surface area contributed by atoms with Gasteiger partial charge >= 0.3 is 0 Å².